The first-order valence-electron chi connectivity index (χ1n) is 10.6. The number of carbonyl (C=O) groups is 1. The third kappa shape index (κ3) is 4.81. The molecule has 30 heavy (non-hydrogen) atoms. The zero-order valence-corrected chi connectivity index (χ0v) is 18.1. The lowest BCUT2D eigenvalue weighted by atomic mass is 9.98. The predicted molar refractivity (Wildman–Crippen MR) is 122 cm³/mol. The van der Waals surface area contributed by atoms with E-state index in [1.54, 1.807) is 11.3 Å². The summed E-state index contributed by atoms with van der Waals surface area (Å²) in [6.07, 6.45) is 1.01. The number of ether oxygens (including phenoxy) is 1. The van der Waals surface area contributed by atoms with E-state index >= 15 is 0 Å². The first-order chi connectivity index (χ1) is 14.8. The molecule has 1 amide bonds. The van der Waals surface area contributed by atoms with Gasteiger partial charge in [0.25, 0.3) is 0 Å². The summed E-state index contributed by atoms with van der Waals surface area (Å²) in [7, 11) is 0. The highest BCUT2D eigenvalue weighted by atomic mass is 32.1. The second-order valence-electron chi connectivity index (χ2n) is 7.49. The van der Waals surface area contributed by atoms with Crippen LogP contribution in [-0.4, -0.2) is 37.1 Å². The fraction of sp³-hybridized carbons (Fsp3) is 0.320. The summed E-state index contributed by atoms with van der Waals surface area (Å²) in [5.41, 5.74) is 3.47. The Balaban J connectivity index is 1.67. The summed E-state index contributed by atoms with van der Waals surface area (Å²) in [6.45, 7) is 4.63. The van der Waals surface area contributed by atoms with Gasteiger partial charge in [0.05, 0.1) is 19.3 Å². The number of aryl methyl sites for hydroxylation is 1. The maximum absolute atomic E-state index is 13.5. The van der Waals surface area contributed by atoms with Crippen molar-refractivity contribution in [1.82, 2.24) is 10.2 Å². The molecule has 2 unspecified atom stereocenters. The highest BCUT2D eigenvalue weighted by molar-refractivity contribution is 7.10. The summed E-state index contributed by atoms with van der Waals surface area (Å²) in [4.78, 5) is 16.7. The maximum atomic E-state index is 13.5. The molecule has 1 fully saturated rings. The van der Waals surface area contributed by atoms with E-state index in [0.717, 1.165) is 12.0 Å². The van der Waals surface area contributed by atoms with Crippen LogP contribution in [0.15, 0.2) is 72.1 Å². The van der Waals surface area contributed by atoms with Crippen molar-refractivity contribution in [3.8, 4) is 0 Å². The Kier molecular flexibility index (Phi) is 6.95. The Morgan fingerprint density at radius 1 is 1.00 bits per heavy atom. The number of nitrogens with one attached hydrogen (secondary N) is 1. The van der Waals surface area contributed by atoms with Gasteiger partial charge in [-0.2, -0.15) is 0 Å². The van der Waals surface area contributed by atoms with E-state index in [-0.39, 0.29) is 11.9 Å². The Labute approximate surface area is 182 Å². The minimum Gasteiger partial charge on any atom is -0.378 e. The van der Waals surface area contributed by atoms with Gasteiger partial charge in [-0.15, -0.1) is 11.3 Å². The molecule has 3 aromatic rings. The van der Waals surface area contributed by atoms with Gasteiger partial charge in [0.1, 0.15) is 6.04 Å². The molecule has 1 aliphatic rings. The van der Waals surface area contributed by atoms with Gasteiger partial charge in [0.2, 0.25) is 5.91 Å². The first-order valence-corrected chi connectivity index (χ1v) is 11.4. The predicted octanol–water partition coefficient (Wildman–Crippen LogP) is 4.59. The molecule has 0 aliphatic carbocycles. The minimum atomic E-state index is -0.415. The van der Waals surface area contributed by atoms with Crippen LogP contribution in [0.2, 0.25) is 0 Å². The number of morpholine rings is 1. The van der Waals surface area contributed by atoms with E-state index in [9.17, 15) is 4.79 Å². The van der Waals surface area contributed by atoms with Crippen LogP contribution in [0.1, 0.15) is 40.6 Å². The molecule has 1 aliphatic heterocycles. The average Bonchev–Trinajstić information content (AvgIpc) is 3.35. The number of benzene rings is 2. The second kappa shape index (κ2) is 10.0. The molecule has 1 saturated heterocycles. The van der Waals surface area contributed by atoms with Crippen molar-refractivity contribution in [3.63, 3.8) is 0 Å². The number of thiophene rings is 1. The van der Waals surface area contributed by atoms with Gasteiger partial charge in [-0.1, -0.05) is 67.6 Å². The molecule has 0 saturated carbocycles. The van der Waals surface area contributed by atoms with Gasteiger partial charge < -0.3 is 9.64 Å². The van der Waals surface area contributed by atoms with E-state index in [0.29, 0.717) is 26.3 Å². The molecule has 4 nitrogen and oxygen atoms in total. The van der Waals surface area contributed by atoms with Gasteiger partial charge in [-0.3, -0.25) is 10.1 Å². The number of hydrogen-bond acceptors (Lipinski definition) is 4. The topological polar surface area (TPSA) is 41.6 Å². The Morgan fingerprint density at radius 2 is 1.73 bits per heavy atom. The molecule has 0 radical (unpaired) electrons. The average molecular weight is 421 g/mol. The normalized spacial score (nSPS) is 16.2. The highest BCUT2D eigenvalue weighted by Crippen LogP contribution is 2.30. The molecule has 1 aromatic heterocycles. The fourth-order valence-electron chi connectivity index (χ4n) is 3.83. The van der Waals surface area contributed by atoms with Crippen molar-refractivity contribution in [2.45, 2.75) is 25.4 Å². The summed E-state index contributed by atoms with van der Waals surface area (Å²) in [6, 6.07) is 22.5. The summed E-state index contributed by atoms with van der Waals surface area (Å²) < 4.78 is 5.45. The molecule has 5 heteroatoms. The summed E-state index contributed by atoms with van der Waals surface area (Å²) >= 11 is 1.71. The number of carbonyl (C=O) groups excluding carboxylic acids is 1. The standard InChI is InChI=1S/C25H28N2O2S/c1-2-19-10-12-21(13-11-19)23(22-9-6-18-30-22)26-24(20-7-4-3-5-8-20)25(28)27-14-16-29-17-15-27/h3-13,18,23-24,26H,2,14-17H2,1H3. The van der Waals surface area contributed by atoms with Crippen molar-refractivity contribution in [1.29, 1.82) is 0 Å². The maximum Gasteiger partial charge on any atom is 0.244 e. The quantitative estimate of drug-likeness (QED) is 0.608. The minimum absolute atomic E-state index is 0.0499. The monoisotopic (exact) mass is 420 g/mol. The van der Waals surface area contributed by atoms with Crippen molar-refractivity contribution in [2.24, 2.45) is 0 Å². The zero-order valence-electron chi connectivity index (χ0n) is 17.3. The molecule has 2 heterocycles. The van der Waals surface area contributed by atoms with Crippen LogP contribution in [0.3, 0.4) is 0 Å². The summed E-state index contributed by atoms with van der Waals surface area (Å²) in [5.74, 6) is 0.108. The Hall–Kier alpha value is -2.47. The highest BCUT2D eigenvalue weighted by Gasteiger charge is 2.30. The molecular formula is C25H28N2O2S. The van der Waals surface area contributed by atoms with Gasteiger partial charge >= 0.3 is 0 Å². The van der Waals surface area contributed by atoms with Crippen LogP contribution in [0, 0.1) is 0 Å². The number of hydrogen-bond donors (Lipinski definition) is 1. The van der Waals surface area contributed by atoms with Gasteiger partial charge in [-0.25, -0.2) is 0 Å². The van der Waals surface area contributed by atoms with E-state index in [1.807, 2.05) is 35.2 Å². The smallest absolute Gasteiger partial charge is 0.244 e. The van der Waals surface area contributed by atoms with Crippen LogP contribution in [-0.2, 0) is 16.0 Å². The van der Waals surface area contributed by atoms with Gasteiger partial charge in [0.15, 0.2) is 0 Å². The third-order valence-corrected chi connectivity index (χ3v) is 6.52. The molecule has 2 aromatic carbocycles. The van der Waals surface area contributed by atoms with Crippen LogP contribution in [0.4, 0.5) is 0 Å². The lowest BCUT2D eigenvalue weighted by molar-refractivity contribution is -0.137. The van der Waals surface area contributed by atoms with Crippen LogP contribution < -0.4 is 5.32 Å². The van der Waals surface area contributed by atoms with Crippen molar-refractivity contribution in [2.75, 3.05) is 26.3 Å². The number of rotatable bonds is 7. The van der Waals surface area contributed by atoms with E-state index in [4.69, 9.17) is 4.74 Å². The second-order valence-corrected chi connectivity index (χ2v) is 8.47. The molecule has 156 valence electrons. The third-order valence-electron chi connectivity index (χ3n) is 5.58. The molecule has 1 N–H and O–H groups in total. The van der Waals surface area contributed by atoms with Crippen LogP contribution in [0.25, 0.3) is 0 Å². The Bertz CT molecular complexity index is 920. The molecule has 2 atom stereocenters. The van der Waals surface area contributed by atoms with Gasteiger partial charge in [-0.05, 0) is 34.6 Å². The summed E-state index contributed by atoms with van der Waals surface area (Å²) in [5, 5.41) is 5.79. The SMILES string of the molecule is CCc1ccc(C(NC(C(=O)N2CCOCC2)c2ccccc2)c2cccs2)cc1. The molecule has 0 bridgehead atoms. The van der Waals surface area contributed by atoms with E-state index in [1.165, 1.54) is 16.0 Å². The largest absolute Gasteiger partial charge is 0.378 e. The van der Waals surface area contributed by atoms with Crippen molar-refractivity contribution < 1.29 is 9.53 Å². The fourth-order valence-corrected chi connectivity index (χ4v) is 4.64. The van der Waals surface area contributed by atoms with Crippen LogP contribution in [0.5, 0.6) is 0 Å². The molecular weight excluding hydrogens is 392 g/mol. The Morgan fingerprint density at radius 3 is 2.37 bits per heavy atom. The lowest BCUT2D eigenvalue weighted by Gasteiger charge is -2.33. The zero-order chi connectivity index (χ0) is 20.8. The van der Waals surface area contributed by atoms with Crippen LogP contribution >= 0.6 is 11.3 Å². The first kappa shape index (κ1) is 20.8. The number of amides is 1. The lowest BCUT2D eigenvalue weighted by Crippen LogP contribution is -2.47. The number of nitrogens with zero attached hydrogens (tertiary/aromatic N) is 1. The van der Waals surface area contributed by atoms with E-state index < -0.39 is 6.04 Å². The van der Waals surface area contributed by atoms with E-state index in [2.05, 4.69) is 54.0 Å². The van der Waals surface area contributed by atoms with Crippen molar-refractivity contribution in [3.05, 3.63) is 93.7 Å². The molecule has 0 spiro atoms. The van der Waals surface area contributed by atoms with Gasteiger partial charge in [0, 0.05) is 18.0 Å². The molecule has 4 rings (SSSR count). The van der Waals surface area contributed by atoms with Crippen molar-refractivity contribution >= 4 is 17.2 Å².